The normalized spacial score (nSPS) is 14.7. The van der Waals surface area contributed by atoms with Crippen LogP contribution in [0.25, 0.3) is 21.9 Å². The van der Waals surface area contributed by atoms with Gasteiger partial charge in [0.1, 0.15) is 0 Å². The van der Waals surface area contributed by atoms with Crippen LogP contribution in [0.1, 0.15) is 23.3 Å². The first-order chi connectivity index (χ1) is 9.33. The van der Waals surface area contributed by atoms with Crippen LogP contribution in [-0.2, 0) is 12.8 Å². The molecular formula is C14H11NO3S. The van der Waals surface area contributed by atoms with Crippen molar-refractivity contribution in [2.75, 3.05) is 0 Å². The van der Waals surface area contributed by atoms with Gasteiger partial charge in [-0.3, -0.25) is 4.79 Å². The number of hydrogen-bond acceptors (Lipinski definition) is 5. The van der Waals surface area contributed by atoms with E-state index in [1.165, 1.54) is 11.3 Å². The maximum absolute atomic E-state index is 12.2. The molecule has 0 amide bonds. The van der Waals surface area contributed by atoms with E-state index in [1.54, 1.807) is 29.7 Å². The molecule has 3 aromatic heterocycles. The third-order valence-corrected chi connectivity index (χ3v) is 4.65. The van der Waals surface area contributed by atoms with E-state index in [1.807, 2.05) is 0 Å². The second-order valence-electron chi connectivity index (χ2n) is 4.67. The highest BCUT2D eigenvalue weighted by Gasteiger charge is 2.21. The van der Waals surface area contributed by atoms with E-state index in [-0.39, 0.29) is 11.4 Å². The fourth-order valence-corrected chi connectivity index (χ4v) is 3.82. The number of furan rings is 1. The Morgan fingerprint density at radius 3 is 3.00 bits per heavy atom. The van der Waals surface area contributed by atoms with Crippen LogP contribution in [0, 0.1) is 0 Å². The summed E-state index contributed by atoms with van der Waals surface area (Å²) in [5.41, 5.74) is 0.950. The average molecular weight is 273 g/mol. The summed E-state index contributed by atoms with van der Waals surface area (Å²) in [5.74, 6) is 0.756. The molecule has 0 saturated heterocycles. The third-order valence-electron chi connectivity index (χ3n) is 3.48. The molecule has 0 fully saturated rings. The molecule has 1 aliphatic rings. The van der Waals surface area contributed by atoms with Crippen LogP contribution in [-0.4, -0.2) is 4.98 Å². The number of aromatic nitrogens is 1. The van der Waals surface area contributed by atoms with E-state index in [4.69, 9.17) is 8.83 Å². The zero-order chi connectivity index (χ0) is 12.8. The van der Waals surface area contributed by atoms with Gasteiger partial charge in [0.05, 0.1) is 11.6 Å². The second-order valence-corrected chi connectivity index (χ2v) is 5.74. The predicted octanol–water partition coefficient (Wildman–Crippen LogP) is 3.39. The third kappa shape index (κ3) is 1.65. The Morgan fingerprint density at radius 1 is 1.26 bits per heavy atom. The van der Waals surface area contributed by atoms with Gasteiger partial charge >= 0.3 is 0 Å². The number of fused-ring (bicyclic) bond motifs is 3. The van der Waals surface area contributed by atoms with E-state index in [0.29, 0.717) is 16.0 Å². The molecule has 4 nitrogen and oxygen atoms in total. The van der Waals surface area contributed by atoms with Crippen molar-refractivity contribution < 1.29 is 8.83 Å². The Bertz CT molecular complexity index is 798. The molecule has 96 valence electrons. The molecule has 0 N–H and O–H groups in total. The highest BCUT2D eigenvalue weighted by molar-refractivity contribution is 7.18. The number of nitrogens with zero attached hydrogens (tertiary/aromatic N) is 1. The van der Waals surface area contributed by atoms with Crippen molar-refractivity contribution >= 4 is 21.6 Å². The molecule has 0 radical (unpaired) electrons. The van der Waals surface area contributed by atoms with Crippen LogP contribution in [0.2, 0.25) is 0 Å². The van der Waals surface area contributed by atoms with Crippen LogP contribution in [0.5, 0.6) is 0 Å². The maximum atomic E-state index is 12.2. The minimum atomic E-state index is -0.202. The minimum Gasteiger partial charge on any atom is -0.459 e. The molecule has 3 aromatic rings. The van der Waals surface area contributed by atoms with E-state index >= 15 is 0 Å². The molecule has 0 aromatic carbocycles. The summed E-state index contributed by atoms with van der Waals surface area (Å²) in [5, 5.41) is 0.676. The van der Waals surface area contributed by atoms with Crippen molar-refractivity contribution in [3.63, 3.8) is 0 Å². The summed E-state index contributed by atoms with van der Waals surface area (Å²) in [7, 11) is 0. The zero-order valence-electron chi connectivity index (χ0n) is 10.1. The smallest absolute Gasteiger partial charge is 0.285 e. The first-order valence-corrected chi connectivity index (χ1v) is 7.14. The fraction of sp³-hybridized carbons (Fsp3) is 0.286. The maximum Gasteiger partial charge on any atom is 0.285 e. The molecule has 0 unspecified atom stereocenters. The molecule has 0 saturated carbocycles. The lowest BCUT2D eigenvalue weighted by Crippen LogP contribution is -2.09. The van der Waals surface area contributed by atoms with E-state index in [0.717, 1.165) is 24.8 Å². The van der Waals surface area contributed by atoms with Crippen molar-refractivity contribution in [3.05, 3.63) is 39.2 Å². The molecule has 0 bridgehead atoms. The molecule has 3 heterocycles. The first-order valence-electron chi connectivity index (χ1n) is 6.32. The van der Waals surface area contributed by atoms with Crippen molar-refractivity contribution in [1.29, 1.82) is 0 Å². The average Bonchev–Trinajstić information content (AvgIpc) is 3.05. The van der Waals surface area contributed by atoms with Gasteiger partial charge in [-0.1, -0.05) is 0 Å². The van der Waals surface area contributed by atoms with Gasteiger partial charge < -0.3 is 8.83 Å². The Balaban J connectivity index is 2.00. The molecule has 1 aliphatic carbocycles. The van der Waals surface area contributed by atoms with E-state index in [2.05, 4.69) is 4.98 Å². The molecule has 19 heavy (non-hydrogen) atoms. The highest BCUT2D eigenvalue weighted by atomic mass is 32.1. The Hall–Kier alpha value is -1.88. The summed E-state index contributed by atoms with van der Waals surface area (Å²) < 4.78 is 11.0. The number of hydrogen-bond donors (Lipinski definition) is 0. The number of rotatable bonds is 1. The molecule has 0 spiro atoms. The molecule has 0 atom stereocenters. The van der Waals surface area contributed by atoms with Crippen molar-refractivity contribution in [3.8, 4) is 11.7 Å². The van der Waals surface area contributed by atoms with Gasteiger partial charge in [-0.05, 0) is 43.4 Å². The predicted molar refractivity (Wildman–Crippen MR) is 72.5 cm³/mol. The molecule has 4 rings (SSSR count). The van der Waals surface area contributed by atoms with Gasteiger partial charge in [-0.15, -0.1) is 11.3 Å². The monoisotopic (exact) mass is 273 g/mol. The van der Waals surface area contributed by atoms with Crippen molar-refractivity contribution in [2.45, 2.75) is 25.7 Å². The van der Waals surface area contributed by atoms with Gasteiger partial charge in [0.15, 0.2) is 10.7 Å². The molecule has 5 heteroatoms. The fourth-order valence-electron chi connectivity index (χ4n) is 2.59. The summed E-state index contributed by atoms with van der Waals surface area (Å²) in [6.45, 7) is 0. The van der Waals surface area contributed by atoms with Gasteiger partial charge in [-0.2, -0.15) is 4.98 Å². The lowest BCUT2D eigenvalue weighted by Gasteiger charge is -2.09. The summed E-state index contributed by atoms with van der Waals surface area (Å²) >= 11 is 1.58. The first kappa shape index (κ1) is 11.0. The zero-order valence-corrected chi connectivity index (χ0v) is 11.0. The van der Waals surface area contributed by atoms with Crippen LogP contribution in [0.3, 0.4) is 0 Å². The molecular weight excluding hydrogens is 262 g/mol. The summed E-state index contributed by atoms with van der Waals surface area (Å²) in [6, 6.07) is 3.49. The molecule has 0 aliphatic heterocycles. The Kier molecular flexibility index (Phi) is 2.35. The van der Waals surface area contributed by atoms with Crippen molar-refractivity contribution in [1.82, 2.24) is 4.98 Å². The van der Waals surface area contributed by atoms with E-state index < -0.39 is 0 Å². The SMILES string of the molecule is O=c1nc(-c2ccco2)oc2sc3c(c12)CCCC3. The Morgan fingerprint density at radius 2 is 2.16 bits per heavy atom. The summed E-state index contributed by atoms with van der Waals surface area (Å²) in [6.07, 6.45) is 5.87. The van der Waals surface area contributed by atoms with Crippen LogP contribution < -0.4 is 5.56 Å². The number of thiophene rings is 1. The number of aryl methyl sites for hydroxylation is 2. The standard InChI is InChI=1S/C14H11NO3S/c16-12-11-8-4-1-2-6-10(8)19-14(11)18-13(15-12)9-5-3-7-17-9/h3,5,7H,1-2,4,6H2. The lowest BCUT2D eigenvalue weighted by molar-refractivity contribution is 0.526. The van der Waals surface area contributed by atoms with E-state index in [9.17, 15) is 4.79 Å². The van der Waals surface area contributed by atoms with Gasteiger partial charge in [0.25, 0.3) is 11.4 Å². The van der Waals surface area contributed by atoms with Crippen LogP contribution in [0.15, 0.2) is 32.0 Å². The second kappa shape index (κ2) is 4.06. The van der Waals surface area contributed by atoms with Gasteiger partial charge in [0, 0.05) is 4.88 Å². The van der Waals surface area contributed by atoms with Gasteiger partial charge in [-0.25, -0.2) is 0 Å². The van der Waals surface area contributed by atoms with Gasteiger partial charge in [0.2, 0.25) is 0 Å². The topological polar surface area (TPSA) is 56.2 Å². The van der Waals surface area contributed by atoms with Crippen LogP contribution in [0.4, 0.5) is 0 Å². The Labute approximate surface area is 112 Å². The minimum absolute atomic E-state index is 0.202. The van der Waals surface area contributed by atoms with Crippen molar-refractivity contribution in [2.24, 2.45) is 0 Å². The lowest BCUT2D eigenvalue weighted by atomic mass is 9.97. The summed E-state index contributed by atoms with van der Waals surface area (Å²) in [4.78, 5) is 18.2. The highest BCUT2D eigenvalue weighted by Crippen LogP contribution is 2.35. The quantitative estimate of drug-likeness (QED) is 0.682. The largest absolute Gasteiger partial charge is 0.459 e. The van der Waals surface area contributed by atoms with Crippen LogP contribution >= 0.6 is 11.3 Å².